The minimum atomic E-state index is -3.93. The minimum Gasteiger partial charge on any atom is -0.467 e. The van der Waals surface area contributed by atoms with Crippen LogP contribution in [0.1, 0.15) is 41.9 Å². The van der Waals surface area contributed by atoms with E-state index in [0.717, 1.165) is 0 Å². The molecule has 4 rings (SSSR count). The standard InChI is InChI=1S/C22H31N7O6S/c1-14-10-17(27(3)24-14)20(30)29-9-7-15(25-36(33,34)19-12-26(2)13-23-19)11-18(29)21(31)28-8-5-6-16(28)22(32)35-4/h10,12-13,15-16,18,25H,5-9,11H2,1-4H3. The maximum absolute atomic E-state index is 13.8. The van der Waals surface area contributed by atoms with Gasteiger partial charge in [0.05, 0.1) is 19.1 Å². The lowest BCUT2D eigenvalue weighted by Crippen LogP contribution is -2.59. The number of rotatable bonds is 6. The first kappa shape index (κ1) is 25.8. The van der Waals surface area contributed by atoms with E-state index in [1.807, 2.05) is 0 Å². The van der Waals surface area contributed by atoms with Crippen molar-refractivity contribution in [2.75, 3.05) is 20.2 Å². The third kappa shape index (κ3) is 5.00. The number of aromatic nitrogens is 4. The summed E-state index contributed by atoms with van der Waals surface area (Å²) < 4.78 is 36.3. The van der Waals surface area contributed by atoms with Crippen LogP contribution in [0.2, 0.25) is 0 Å². The number of carbonyl (C=O) groups excluding carboxylic acids is 3. The van der Waals surface area contributed by atoms with Crippen molar-refractivity contribution >= 4 is 27.8 Å². The van der Waals surface area contributed by atoms with Crippen molar-refractivity contribution in [1.29, 1.82) is 0 Å². The van der Waals surface area contributed by atoms with Gasteiger partial charge in [-0.3, -0.25) is 14.3 Å². The molecular formula is C22H31N7O6S. The van der Waals surface area contributed by atoms with Crippen molar-refractivity contribution < 1.29 is 27.5 Å². The molecule has 2 aliphatic heterocycles. The third-order valence-corrected chi connectivity index (χ3v) is 8.06. The van der Waals surface area contributed by atoms with Gasteiger partial charge in [0.2, 0.25) is 5.91 Å². The van der Waals surface area contributed by atoms with E-state index in [4.69, 9.17) is 4.74 Å². The van der Waals surface area contributed by atoms with Crippen LogP contribution in [0.15, 0.2) is 23.6 Å². The molecule has 4 heterocycles. The number of methoxy groups -OCH3 is 1. The maximum atomic E-state index is 13.8. The molecule has 0 aromatic carbocycles. The molecule has 36 heavy (non-hydrogen) atoms. The molecule has 2 aliphatic rings. The zero-order valence-electron chi connectivity index (χ0n) is 20.7. The molecule has 2 amide bonds. The first-order valence-corrected chi connectivity index (χ1v) is 13.2. The zero-order chi connectivity index (χ0) is 26.2. The predicted octanol–water partition coefficient (Wildman–Crippen LogP) is -0.422. The van der Waals surface area contributed by atoms with Crippen molar-refractivity contribution in [3.63, 3.8) is 0 Å². The van der Waals surface area contributed by atoms with Crippen molar-refractivity contribution in [2.45, 2.75) is 55.8 Å². The Morgan fingerprint density at radius 2 is 1.86 bits per heavy atom. The zero-order valence-corrected chi connectivity index (χ0v) is 21.6. The molecule has 2 fully saturated rings. The molecule has 14 heteroatoms. The number of imidazole rings is 1. The van der Waals surface area contributed by atoms with Gasteiger partial charge >= 0.3 is 5.97 Å². The topological polar surface area (TPSA) is 149 Å². The number of aryl methyl sites for hydroxylation is 3. The third-order valence-electron chi connectivity index (χ3n) is 6.66. The molecule has 13 nitrogen and oxygen atoms in total. The average molecular weight is 522 g/mol. The Morgan fingerprint density at radius 1 is 1.11 bits per heavy atom. The van der Waals surface area contributed by atoms with Gasteiger partial charge in [0, 0.05) is 39.4 Å². The van der Waals surface area contributed by atoms with Crippen molar-refractivity contribution in [1.82, 2.24) is 33.9 Å². The first-order chi connectivity index (χ1) is 17.0. The van der Waals surface area contributed by atoms with Gasteiger partial charge in [0.25, 0.3) is 15.9 Å². The molecule has 2 aromatic heterocycles. The molecule has 3 atom stereocenters. The molecule has 0 aliphatic carbocycles. The minimum absolute atomic E-state index is 0.0534. The Hall–Kier alpha value is -3.26. The van der Waals surface area contributed by atoms with Crippen molar-refractivity contribution in [3.8, 4) is 0 Å². The van der Waals surface area contributed by atoms with Crippen molar-refractivity contribution in [2.24, 2.45) is 14.1 Å². The van der Waals surface area contributed by atoms with Crippen LogP contribution < -0.4 is 4.72 Å². The number of amides is 2. The fraction of sp³-hybridized carbons (Fsp3) is 0.591. The summed E-state index contributed by atoms with van der Waals surface area (Å²) >= 11 is 0. The number of likely N-dealkylation sites (tertiary alicyclic amines) is 2. The number of hydrogen-bond acceptors (Lipinski definition) is 8. The number of esters is 1. The van der Waals surface area contributed by atoms with Crippen LogP contribution in [0.5, 0.6) is 0 Å². The number of nitrogens with zero attached hydrogens (tertiary/aromatic N) is 6. The average Bonchev–Trinajstić information content (AvgIpc) is 3.57. The quantitative estimate of drug-likeness (QED) is 0.504. The highest BCUT2D eigenvalue weighted by molar-refractivity contribution is 7.89. The van der Waals surface area contributed by atoms with E-state index in [1.54, 1.807) is 27.1 Å². The van der Waals surface area contributed by atoms with E-state index in [9.17, 15) is 22.8 Å². The molecule has 196 valence electrons. The normalized spacial score (nSPS) is 22.6. The molecule has 3 unspecified atom stereocenters. The van der Waals surface area contributed by atoms with Crippen LogP contribution in [-0.4, -0.2) is 93.7 Å². The van der Waals surface area contributed by atoms with Gasteiger partial charge in [0.1, 0.15) is 17.8 Å². The molecule has 0 bridgehead atoms. The smallest absolute Gasteiger partial charge is 0.328 e. The fourth-order valence-corrected chi connectivity index (χ4v) is 6.18. The Labute approximate surface area is 209 Å². The van der Waals surface area contributed by atoms with E-state index >= 15 is 0 Å². The summed E-state index contributed by atoms with van der Waals surface area (Å²) in [5.74, 6) is -1.29. The van der Waals surface area contributed by atoms with E-state index < -0.39 is 40.0 Å². The largest absolute Gasteiger partial charge is 0.467 e. The van der Waals surface area contributed by atoms with Gasteiger partial charge in [-0.15, -0.1) is 0 Å². The Morgan fingerprint density at radius 3 is 2.47 bits per heavy atom. The summed E-state index contributed by atoms with van der Waals surface area (Å²) in [5, 5.41) is 4.11. The number of piperidine rings is 1. The predicted molar refractivity (Wildman–Crippen MR) is 126 cm³/mol. The number of sulfonamides is 1. The molecule has 1 N–H and O–H groups in total. The molecule has 0 spiro atoms. The van der Waals surface area contributed by atoms with Crippen LogP contribution in [0, 0.1) is 6.92 Å². The highest BCUT2D eigenvalue weighted by Gasteiger charge is 2.44. The molecule has 2 saturated heterocycles. The van der Waals surface area contributed by atoms with Crippen LogP contribution in [0.4, 0.5) is 0 Å². The number of carbonyl (C=O) groups is 3. The van der Waals surface area contributed by atoms with E-state index in [-0.39, 0.29) is 23.9 Å². The molecular weight excluding hydrogens is 490 g/mol. The van der Waals surface area contributed by atoms with Gasteiger partial charge in [-0.25, -0.2) is 22.9 Å². The summed E-state index contributed by atoms with van der Waals surface area (Å²) in [6, 6.07) is -0.665. The maximum Gasteiger partial charge on any atom is 0.328 e. The lowest BCUT2D eigenvalue weighted by atomic mass is 9.96. The Bertz CT molecular complexity index is 1270. The SMILES string of the molecule is COC(=O)C1CCCN1C(=O)C1CC(NS(=O)(=O)c2cn(C)cn2)CCN1C(=O)c1cc(C)nn1C. The summed E-state index contributed by atoms with van der Waals surface area (Å²) in [4.78, 5) is 46.4. The van der Waals surface area contributed by atoms with Crippen LogP contribution >= 0.6 is 0 Å². The van der Waals surface area contributed by atoms with Gasteiger partial charge in [-0.05, 0) is 38.7 Å². The second-order valence-electron chi connectivity index (χ2n) is 9.24. The fourth-order valence-electron chi connectivity index (χ4n) is 4.92. The highest BCUT2D eigenvalue weighted by atomic mass is 32.2. The summed E-state index contributed by atoms with van der Waals surface area (Å²) in [5.41, 5.74) is 0.982. The Balaban J connectivity index is 1.61. The van der Waals surface area contributed by atoms with Crippen LogP contribution in [-0.2, 0) is 38.4 Å². The highest BCUT2D eigenvalue weighted by Crippen LogP contribution is 2.27. The number of nitrogens with one attached hydrogen (secondary N) is 1. The Kier molecular flexibility index (Phi) is 7.18. The van der Waals surface area contributed by atoms with Gasteiger partial charge in [0.15, 0.2) is 5.03 Å². The summed E-state index contributed by atoms with van der Waals surface area (Å²) in [6.45, 7) is 2.26. The lowest BCUT2D eigenvalue weighted by Gasteiger charge is -2.40. The lowest BCUT2D eigenvalue weighted by molar-refractivity contribution is -0.153. The summed E-state index contributed by atoms with van der Waals surface area (Å²) in [7, 11) is 0.660. The van der Waals surface area contributed by atoms with Gasteiger partial charge in [-0.1, -0.05) is 0 Å². The first-order valence-electron chi connectivity index (χ1n) is 11.7. The van der Waals surface area contributed by atoms with E-state index in [2.05, 4.69) is 14.8 Å². The van der Waals surface area contributed by atoms with Crippen molar-refractivity contribution in [3.05, 3.63) is 30.0 Å². The van der Waals surface area contributed by atoms with E-state index in [1.165, 1.54) is 38.7 Å². The molecule has 0 radical (unpaired) electrons. The van der Waals surface area contributed by atoms with Gasteiger partial charge in [-0.2, -0.15) is 5.10 Å². The molecule has 2 aromatic rings. The van der Waals surface area contributed by atoms with Crippen LogP contribution in [0.25, 0.3) is 0 Å². The second-order valence-corrected chi connectivity index (χ2v) is 10.9. The monoisotopic (exact) mass is 521 g/mol. The molecule has 0 saturated carbocycles. The second kappa shape index (κ2) is 10.0. The van der Waals surface area contributed by atoms with Gasteiger partial charge < -0.3 is 19.1 Å². The number of hydrogen-bond donors (Lipinski definition) is 1. The summed E-state index contributed by atoms with van der Waals surface area (Å²) in [6.07, 6.45) is 4.23. The number of ether oxygens (including phenoxy) is 1. The van der Waals surface area contributed by atoms with E-state index in [0.29, 0.717) is 37.2 Å². The van der Waals surface area contributed by atoms with Crippen LogP contribution in [0.3, 0.4) is 0 Å².